The fraction of sp³-hybridized carbons (Fsp3) is 1.00. The Morgan fingerprint density at radius 1 is 1.30 bits per heavy atom. The van der Waals surface area contributed by atoms with Gasteiger partial charge < -0.3 is 0 Å². The molecule has 0 bridgehead atoms. The van der Waals surface area contributed by atoms with Gasteiger partial charge in [0.25, 0.3) is 0 Å². The zero-order valence-electron chi connectivity index (χ0n) is 7.33. The molecule has 0 aliphatic heterocycles. The van der Waals surface area contributed by atoms with Crippen LogP contribution >= 0.6 is 0 Å². The van der Waals surface area contributed by atoms with E-state index < -0.39 is 0 Å². The first kappa shape index (κ1) is 9.40. The van der Waals surface area contributed by atoms with Crippen LogP contribution in [0.2, 0.25) is 0 Å². The zero-order chi connectivity index (χ0) is 7.98. The maximum absolute atomic E-state index is 4.02. The van der Waals surface area contributed by atoms with Crippen molar-refractivity contribution in [3.63, 3.8) is 0 Å². The minimum Gasteiger partial charge on any atom is -0.277 e. The van der Waals surface area contributed by atoms with E-state index in [1.54, 1.807) is 0 Å². The van der Waals surface area contributed by atoms with Gasteiger partial charge in [-0.15, -0.1) is 0 Å². The summed E-state index contributed by atoms with van der Waals surface area (Å²) < 4.78 is 0. The third-order valence-corrected chi connectivity index (χ3v) is 1.24. The summed E-state index contributed by atoms with van der Waals surface area (Å²) in [6.07, 6.45) is 0. The van der Waals surface area contributed by atoms with Gasteiger partial charge in [-0.05, 0) is 27.7 Å². The number of hydrogen-bond donors (Lipinski definition) is 0. The normalized spacial score (nSPS) is 11.3. The molecule has 0 N–H and O–H groups in total. The standard InChI is InChI=1S/C7H17N3/c1-5-8-9-10(6-2)7(3)4/h7H,5-6H2,1-4H3. The van der Waals surface area contributed by atoms with Gasteiger partial charge in [-0.3, -0.25) is 5.01 Å². The fourth-order valence-electron chi connectivity index (χ4n) is 0.676. The van der Waals surface area contributed by atoms with E-state index in [-0.39, 0.29) is 0 Å². The molecular formula is C7H17N3. The third-order valence-electron chi connectivity index (χ3n) is 1.24. The van der Waals surface area contributed by atoms with Gasteiger partial charge in [-0.25, -0.2) is 0 Å². The van der Waals surface area contributed by atoms with E-state index in [4.69, 9.17) is 0 Å². The quantitative estimate of drug-likeness (QED) is 0.437. The Morgan fingerprint density at radius 2 is 1.90 bits per heavy atom. The van der Waals surface area contributed by atoms with Crippen LogP contribution in [0.25, 0.3) is 0 Å². The molecule has 0 aromatic carbocycles. The predicted octanol–water partition coefficient (Wildman–Crippen LogP) is 2.10. The van der Waals surface area contributed by atoms with Crippen molar-refractivity contribution >= 4 is 0 Å². The highest BCUT2D eigenvalue weighted by Gasteiger charge is 2.00. The van der Waals surface area contributed by atoms with Crippen LogP contribution in [0.15, 0.2) is 10.3 Å². The van der Waals surface area contributed by atoms with Gasteiger partial charge in [0.1, 0.15) is 0 Å². The van der Waals surface area contributed by atoms with E-state index in [0.717, 1.165) is 13.1 Å². The number of rotatable bonds is 4. The lowest BCUT2D eigenvalue weighted by molar-refractivity contribution is 0.225. The molecule has 0 unspecified atom stereocenters. The zero-order valence-corrected chi connectivity index (χ0v) is 7.33. The molecular weight excluding hydrogens is 126 g/mol. The lowest BCUT2D eigenvalue weighted by atomic mass is 10.4. The van der Waals surface area contributed by atoms with Crippen LogP contribution in [0.3, 0.4) is 0 Å². The molecule has 3 nitrogen and oxygen atoms in total. The highest BCUT2D eigenvalue weighted by molar-refractivity contribution is 4.51. The van der Waals surface area contributed by atoms with Gasteiger partial charge in [0.2, 0.25) is 0 Å². The van der Waals surface area contributed by atoms with Crippen molar-refractivity contribution < 1.29 is 0 Å². The Bertz CT molecular complexity index is 99.0. The van der Waals surface area contributed by atoms with Crippen LogP contribution in [0.4, 0.5) is 0 Å². The summed E-state index contributed by atoms with van der Waals surface area (Å²) in [7, 11) is 0. The SMILES string of the molecule is CCN=NN(CC)C(C)C. The van der Waals surface area contributed by atoms with Crippen LogP contribution in [-0.2, 0) is 0 Å². The van der Waals surface area contributed by atoms with Crippen LogP contribution in [-0.4, -0.2) is 24.1 Å². The van der Waals surface area contributed by atoms with Gasteiger partial charge in [0.05, 0.1) is 6.54 Å². The largest absolute Gasteiger partial charge is 0.277 e. The summed E-state index contributed by atoms with van der Waals surface area (Å²) in [4.78, 5) is 0. The molecule has 0 saturated carbocycles. The first-order chi connectivity index (χ1) is 4.72. The lowest BCUT2D eigenvalue weighted by Gasteiger charge is -2.18. The van der Waals surface area contributed by atoms with Gasteiger partial charge in [-0.2, -0.15) is 5.11 Å². The molecule has 0 aromatic heterocycles. The van der Waals surface area contributed by atoms with E-state index in [2.05, 4.69) is 31.1 Å². The molecule has 0 aliphatic carbocycles. The highest BCUT2D eigenvalue weighted by atomic mass is 15.5. The summed E-state index contributed by atoms with van der Waals surface area (Å²) in [6, 6.07) is 0.459. The van der Waals surface area contributed by atoms with E-state index in [0.29, 0.717) is 6.04 Å². The second kappa shape index (κ2) is 5.21. The number of hydrogen-bond acceptors (Lipinski definition) is 2. The van der Waals surface area contributed by atoms with Crippen LogP contribution in [0.5, 0.6) is 0 Å². The van der Waals surface area contributed by atoms with Crippen LogP contribution in [0, 0.1) is 0 Å². The molecule has 0 aromatic rings. The highest BCUT2D eigenvalue weighted by Crippen LogP contribution is 1.97. The summed E-state index contributed by atoms with van der Waals surface area (Å²) in [5.41, 5.74) is 0. The van der Waals surface area contributed by atoms with Crippen molar-refractivity contribution in [2.75, 3.05) is 13.1 Å². The Morgan fingerprint density at radius 3 is 2.20 bits per heavy atom. The summed E-state index contributed by atoms with van der Waals surface area (Å²) >= 11 is 0. The average Bonchev–Trinajstić information content (AvgIpc) is 1.89. The van der Waals surface area contributed by atoms with Crippen molar-refractivity contribution in [2.24, 2.45) is 10.3 Å². The fourth-order valence-corrected chi connectivity index (χ4v) is 0.676. The van der Waals surface area contributed by atoms with Gasteiger partial charge in [0, 0.05) is 12.6 Å². The van der Waals surface area contributed by atoms with E-state index in [1.807, 2.05) is 11.9 Å². The molecule has 60 valence electrons. The Balaban J connectivity index is 3.71. The van der Waals surface area contributed by atoms with Gasteiger partial charge >= 0.3 is 0 Å². The summed E-state index contributed by atoms with van der Waals surface area (Å²) in [5.74, 6) is 0. The first-order valence-corrected chi connectivity index (χ1v) is 3.86. The molecule has 0 atom stereocenters. The molecule has 0 spiro atoms. The third kappa shape index (κ3) is 3.43. The monoisotopic (exact) mass is 143 g/mol. The second-order valence-corrected chi connectivity index (χ2v) is 2.40. The van der Waals surface area contributed by atoms with Gasteiger partial charge in [0.15, 0.2) is 0 Å². The van der Waals surface area contributed by atoms with Crippen LogP contribution in [0.1, 0.15) is 27.7 Å². The molecule has 0 amide bonds. The molecule has 3 heteroatoms. The maximum atomic E-state index is 4.02. The molecule has 0 heterocycles. The van der Waals surface area contributed by atoms with Crippen molar-refractivity contribution in [2.45, 2.75) is 33.7 Å². The Labute approximate surface area is 63.1 Å². The molecule has 0 aliphatic rings. The van der Waals surface area contributed by atoms with Crippen molar-refractivity contribution in [1.29, 1.82) is 0 Å². The van der Waals surface area contributed by atoms with Crippen molar-refractivity contribution in [3.8, 4) is 0 Å². The molecule has 0 fully saturated rings. The average molecular weight is 143 g/mol. The van der Waals surface area contributed by atoms with Crippen molar-refractivity contribution in [1.82, 2.24) is 5.01 Å². The van der Waals surface area contributed by atoms with E-state index in [9.17, 15) is 0 Å². The molecule has 0 saturated heterocycles. The lowest BCUT2D eigenvalue weighted by Crippen LogP contribution is -2.24. The molecule has 0 radical (unpaired) electrons. The smallest absolute Gasteiger partial charge is 0.0592 e. The van der Waals surface area contributed by atoms with E-state index >= 15 is 0 Å². The minimum absolute atomic E-state index is 0.459. The van der Waals surface area contributed by atoms with E-state index in [1.165, 1.54) is 0 Å². The van der Waals surface area contributed by atoms with Crippen LogP contribution < -0.4 is 0 Å². The Kier molecular flexibility index (Phi) is 4.89. The maximum Gasteiger partial charge on any atom is 0.0592 e. The Hall–Kier alpha value is -0.600. The predicted molar refractivity (Wildman–Crippen MR) is 42.9 cm³/mol. The van der Waals surface area contributed by atoms with Crippen molar-refractivity contribution in [3.05, 3.63) is 0 Å². The summed E-state index contributed by atoms with van der Waals surface area (Å²) in [5, 5.41) is 9.90. The first-order valence-electron chi connectivity index (χ1n) is 3.86. The second-order valence-electron chi connectivity index (χ2n) is 2.40. The van der Waals surface area contributed by atoms with Gasteiger partial charge in [-0.1, -0.05) is 5.22 Å². The minimum atomic E-state index is 0.459. The number of nitrogens with zero attached hydrogens (tertiary/aromatic N) is 3. The molecule has 10 heavy (non-hydrogen) atoms. The molecule has 0 rings (SSSR count). The summed E-state index contributed by atoms with van der Waals surface area (Å²) in [6.45, 7) is 9.98. The topological polar surface area (TPSA) is 28.0 Å².